The lowest BCUT2D eigenvalue weighted by atomic mass is 10.0. The van der Waals surface area contributed by atoms with Gasteiger partial charge in [0.25, 0.3) is 0 Å². The molecule has 0 aromatic carbocycles. The number of nitrogens with zero attached hydrogens (tertiary/aromatic N) is 1. The molecule has 0 saturated heterocycles. The number of amides is 1. The first-order valence-corrected chi connectivity index (χ1v) is 21.3. The van der Waals surface area contributed by atoms with Crippen molar-refractivity contribution in [2.24, 2.45) is 0 Å². The molecule has 0 atom stereocenters. The minimum atomic E-state index is -1.30. The smallest absolute Gasteiger partial charge is 0.323 e. The Balaban J connectivity index is 4.48. The van der Waals surface area contributed by atoms with E-state index in [1.54, 1.807) is 0 Å². The lowest BCUT2D eigenvalue weighted by molar-refractivity contribution is -0.153. The van der Waals surface area contributed by atoms with Crippen LogP contribution in [-0.4, -0.2) is 58.1 Å². The molecule has 2 N–H and O–H groups in total. The first kappa shape index (κ1) is 49.8. The Morgan fingerprint density at radius 1 is 0.491 bits per heavy atom. The van der Waals surface area contributed by atoms with E-state index in [1.807, 2.05) is 0 Å². The molecule has 0 aliphatic heterocycles. The number of carbonyl (C=O) groups excluding carboxylic acids is 2. The van der Waals surface area contributed by atoms with Gasteiger partial charge in [0.2, 0.25) is 5.91 Å². The summed E-state index contributed by atoms with van der Waals surface area (Å²) in [7, 11) is 0. The normalized spacial score (nSPS) is 11.9. The molecule has 0 unspecified atom stereocenters. The summed E-state index contributed by atoms with van der Waals surface area (Å²) in [4.78, 5) is 48.1. The first-order chi connectivity index (χ1) is 25.8. The van der Waals surface area contributed by atoms with Crippen molar-refractivity contribution in [2.75, 3.05) is 13.1 Å². The maximum Gasteiger partial charge on any atom is 0.323 e. The Labute approximate surface area is 323 Å². The summed E-state index contributed by atoms with van der Waals surface area (Å²) in [5, 5.41) is 18.1. The summed E-state index contributed by atoms with van der Waals surface area (Å²) in [6, 6.07) is 0. The number of aliphatic carboxylic acids is 2. The third-order valence-electron chi connectivity index (χ3n) is 9.30. The van der Waals surface area contributed by atoms with E-state index in [4.69, 9.17) is 14.9 Å². The average molecular weight is 744 g/mol. The molecule has 0 spiro atoms. The van der Waals surface area contributed by atoms with Gasteiger partial charge in [0.05, 0.1) is 6.42 Å². The van der Waals surface area contributed by atoms with E-state index in [2.05, 4.69) is 62.5 Å². The van der Waals surface area contributed by atoms with Crippen molar-refractivity contribution in [3.05, 3.63) is 48.6 Å². The molecular weight excluding hydrogens is 666 g/mol. The number of carboxylic acid groups (broad SMARTS) is 2. The van der Waals surface area contributed by atoms with E-state index in [-0.39, 0.29) is 18.9 Å². The zero-order valence-electron chi connectivity index (χ0n) is 33.8. The van der Waals surface area contributed by atoms with Crippen LogP contribution in [0.15, 0.2) is 48.6 Å². The van der Waals surface area contributed by atoms with Gasteiger partial charge in [-0.05, 0) is 89.9 Å². The van der Waals surface area contributed by atoms with Crippen LogP contribution in [0.5, 0.6) is 0 Å². The second-order valence-corrected chi connectivity index (χ2v) is 14.4. The number of carbonyl (C=O) groups is 4. The van der Waals surface area contributed by atoms with Gasteiger partial charge in [-0.2, -0.15) is 0 Å². The molecule has 1 amide bonds. The van der Waals surface area contributed by atoms with Crippen LogP contribution in [0, 0.1) is 0 Å². The molecule has 0 aromatic heterocycles. The molecule has 304 valence electrons. The predicted molar refractivity (Wildman–Crippen MR) is 219 cm³/mol. The van der Waals surface area contributed by atoms with Crippen molar-refractivity contribution < 1.29 is 34.1 Å². The zero-order chi connectivity index (χ0) is 39.0. The fourth-order valence-electron chi connectivity index (χ4n) is 6.15. The molecular formula is C45H77NO7. The number of rotatable bonds is 38. The molecule has 0 radical (unpaired) electrons. The summed E-state index contributed by atoms with van der Waals surface area (Å²) in [5.41, 5.74) is 0. The highest BCUT2D eigenvalue weighted by atomic mass is 16.5. The molecule has 53 heavy (non-hydrogen) atoms. The number of carboxylic acids is 2. The minimum Gasteiger partial charge on any atom is -0.480 e. The number of allylic oxidation sites excluding steroid dienone is 8. The molecule has 0 aliphatic rings. The molecule has 8 heteroatoms. The van der Waals surface area contributed by atoms with E-state index < -0.39 is 36.9 Å². The topological polar surface area (TPSA) is 121 Å². The Morgan fingerprint density at radius 3 is 1.23 bits per heavy atom. The first-order valence-electron chi connectivity index (χ1n) is 21.3. The summed E-state index contributed by atoms with van der Waals surface area (Å²) < 4.78 is 5.82. The van der Waals surface area contributed by atoms with Gasteiger partial charge in [0.1, 0.15) is 19.2 Å². The SMILES string of the molecule is CCCCC/C=C\C/C=C\CCCCCCCCC(CCCCCCCC/C=C\C/C=C\CCCCC)OC(=O)CCC(=O)N(CC(=O)O)CC(=O)O. The quantitative estimate of drug-likeness (QED) is 0.0367. The van der Waals surface area contributed by atoms with Crippen molar-refractivity contribution in [1.29, 1.82) is 0 Å². The number of esters is 1. The summed E-state index contributed by atoms with van der Waals surface area (Å²) >= 11 is 0. The maximum absolute atomic E-state index is 12.7. The Hall–Kier alpha value is -3.16. The van der Waals surface area contributed by atoms with Crippen LogP contribution in [0.3, 0.4) is 0 Å². The zero-order valence-corrected chi connectivity index (χ0v) is 33.8. The van der Waals surface area contributed by atoms with Gasteiger partial charge in [-0.3, -0.25) is 19.2 Å². The van der Waals surface area contributed by atoms with E-state index in [1.165, 1.54) is 89.9 Å². The van der Waals surface area contributed by atoms with Crippen molar-refractivity contribution in [3.8, 4) is 0 Å². The van der Waals surface area contributed by atoms with Crippen LogP contribution in [0.1, 0.15) is 194 Å². The molecule has 0 bridgehead atoms. The molecule has 0 heterocycles. The third-order valence-corrected chi connectivity index (χ3v) is 9.30. The fraction of sp³-hybridized carbons (Fsp3) is 0.733. The van der Waals surface area contributed by atoms with E-state index in [9.17, 15) is 19.2 Å². The highest BCUT2D eigenvalue weighted by Gasteiger charge is 2.22. The van der Waals surface area contributed by atoms with Gasteiger partial charge in [-0.25, -0.2) is 0 Å². The Kier molecular flexibility index (Phi) is 36.3. The van der Waals surface area contributed by atoms with Crippen LogP contribution in [0.4, 0.5) is 0 Å². The van der Waals surface area contributed by atoms with Gasteiger partial charge in [0, 0.05) is 6.42 Å². The summed E-state index contributed by atoms with van der Waals surface area (Å²) in [6.45, 7) is 3.03. The highest BCUT2D eigenvalue weighted by molar-refractivity contribution is 5.87. The van der Waals surface area contributed by atoms with Gasteiger partial charge < -0.3 is 19.8 Å². The average Bonchev–Trinajstić information content (AvgIpc) is 3.12. The van der Waals surface area contributed by atoms with Crippen molar-refractivity contribution in [2.45, 2.75) is 200 Å². The number of hydrogen-bond acceptors (Lipinski definition) is 5. The van der Waals surface area contributed by atoms with Crippen LogP contribution >= 0.6 is 0 Å². The molecule has 8 nitrogen and oxygen atoms in total. The summed E-state index contributed by atoms with van der Waals surface area (Å²) in [5.74, 6) is -3.78. The molecule has 0 rings (SSSR count). The van der Waals surface area contributed by atoms with Crippen LogP contribution in [-0.2, 0) is 23.9 Å². The monoisotopic (exact) mass is 744 g/mol. The number of ether oxygens (including phenoxy) is 1. The second-order valence-electron chi connectivity index (χ2n) is 14.4. The Morgan fingerprint density at radius 2 is 0.849 bits per heavy atom. The second kappa shape index (κ2) is 38.6. The van der Waals surface area contributed by atoms with Crippen LogP contribution in [0.25, 0.3) is 0 Å². The Bertz CT molecular complexity index is 968. The molecule has 0 fully saturated rings. The predicted octanol–water partition coefficient (Wildman–Crippen LogP) is 12.1. The standard InChI is InChI=1S/C45H77NO7/c1-3-5-7-9-11-13-15-17-19-21-23-25-27-29-31-33-35-41(53-45(52)38-37-42(47)46(39-43(48)49)40-44(50)51)36-34-32-30-28-26-24-22-20-18-16-14-12-10-8-6-4-2/h11-14,17-20,41H,3-10,15-16,21-40H2,1-2H3,(H,48,49)(H,50,51)/b13-11-,14-12-,19-17-,20-18-. The van der Waals surface area contributed by atoms with Crippen LogP contribution < -0.4 is 0 Å². The lowest BCUT2D eigenvalue weighted by Crippen LogP contribution is -2.39. The van der Waals surface area contributed by atoms with Gasteiger partial charge in [-0.15, -0.1) is 0 Å². The van der Waals surface area contributed by atoms with Gasteiger partial charge >= 0.3 is 17.9 Å². The molecule has 0 aromatic rings. The van der Waals surface area contributed by atoms with Gasteiger partial charge in [-0.1, -0.05) is 140 Å². The fourth-order valence-corrected chi connectivity index (χ4v) is 6.15. The number of hydrogen-bond donors (Lipinski definition) is 2. The van der Waals surface area contributed by atoms with Crippen molar-refractivity contribution in [1.82, 2.24) is 4.90 Å². The number of unbranched alkanes of at least 4 members (excludes halogenated alkanes) is 18. The van der Waals surface area contributed by atoms with E-state index in [0.29, 0.717) is 0 Å². The maximum atomic E-state index is 12.7. The minimum absolute atomic E-state index is 0.196. The van der Waals surface area contributed by atoms with Crippen LogP contribution in [0.2, 0.25) is 0 Å². The highest BCUT2D eigenvalue weighted by Crippen LogP contribution is 2.18. The van der Waals surface area contributed by atoms with Crippen molar-refractivity contribution >= 4 is 23.8 Å². The third kappa shape index (κ3) is 37.0. The molecule has 0 aliphatic carbocycles. The lowest BCUT2D eigenvalue weighted by Gasteiger charge is -2.20. The van der Waals surface area contributed by atoms with E-state index >= 15 is 0 Å². The molecule has 0 saturated carbocycles. The van der Waals surface area contributed by atoms with Crippen molar-refractivity contribution in [3.63, 3.8) is 0 Å². The van der Waals surface area contributed by atoms with Gasteiger partial charge in [0.15, 0.2) is 0 Å². The summed E-state index contributed by atoms with van der Waals surface area (Å²) in [6.07, 6.45) is 47.3. The largest absolute Gasteiger partial charge is 0.480 e. The van der Waals surface area contributed by atoms with E-state index in [0.717, 1.165) is 81.9 Å².